The van der Waals surface area contributed by atoms with Crippen molar-refractivity contribution in [3.8, 4) is 0 Å². The Morgan fingerprint density at radius 1 is 0.623 bits per heavy atom. The third kappa shape index (κ3) is 24.8. The van der Waals surface area contributed by atoms with Gasteiger partial charge in [-0.15, -0.1) is 0 Å². The van der Waals surface area contributed by atoms with Gasteiger partial charge in [-0.2, -0.15) is 0 Å². The first kappa shape index (κ1) is 47.9. The van der Waals surface area contributed by atoms with Crippen LogP contribution in [0.15, 0.2) is 0 Å². The lowest BCUT2D eigenvalue weighted by Crippen LogP contribution is -2.52. The van der Waals surface area contributed by atoms with Gasteiger partial charge in [-0.25, -0.2) is 0 Å². The van der Waals surface area contributed by atoms with Crippen LogP contribution >= 0.6 is 15.2 Å². The highest BCUT2D eigenvalue weighted by Gasteiger charge is 2.28. The number of hydrogen-bond donors (Lipinski definition) is 10. The number of carbonyl (C=O) groups is 6. The zero-order chi connectivity index (χ0) is 40.2. The highest BCUT2D eigenvalue weighted by molar-refractivity contribution is 7.52. The summed E-state index contributed by atoms with van der Waals surface area (Å²) in [5, 5.41) is 36.0. The van der Waals surface area contributed by atoms with Gasteiger partial charge >= 0.3 is 33.1 Å². The van der Waals surface area contributed by atoms with E-state index < -0.39 is 76.0 Å². The fourth-order valence-corrected chi connectivity index (χ4v) is 7.02. The molecule has 0 saturated carbocycles. The molecule has 0 unspecified atom stereocenters. The quantitative estimate of drug-likeness (QED) is 0.0368. The van der Waals surface area contributed by atoms with Gasteiger partial charge in [0.05, 0.1) is 32.7 Å². The monoisotopic (exact) mass is 804 g/mol. The fourth-order valence-electron chi connectivity index (χ4n) is 5.42. The van der Waals surface area contributed by atoms with Gasteiger partial charge in [0.25, 0.3) is 0 Å². The van der Waals surface area contributed by atoms with Crippen molar-refractivity contribution in [2.24, 2.45) is 0 Å². The summed E-state index contributed by atoms with van der Waals surface area (Å²) in [6, 6.07) is -0.972. The normalized spacial score (nSPS) is 16.9. The maximum absolute atomic E-state index is 13.3. The lowest BCUT2D eigenvalue weighted by Gasteiger charge is -2.33. The molecular weight excluding hydrogens is 750 g/mol. The molecule has 1 heterocycles. The van der Waals surface area contributed by atoms with E-state index in [1.807, 2.05) is 0 Å². The summed E-state index contributed by atoms with van der Waals surface area (Å²) in [6.45, 7) is 1.79. The van der Waals surface area contributed by atoms with Crippen LogP contribution in [0, 0.1) is 0 Å². The van der Waals surface area contributed by atoms with Crippen molar-refractivity contribution in [1.29, 1.82) is 0 Å². The molecule has 10 N–H and O–H groups in total. The second kappa shape index (κ2) is 24.4. The third-order valence-corrected chi connectivity index (χ3v) is 9.29. The Labute approximate surface area is 306 Å². The van der Waals surface area contributed by atoms with Gasteiger partial charge in [0.2, 0.25) is 17.7 Å². The lowest BCUT2D eigenvalue weighted by atomic mass is 10.1. The molecule has 0 aliphatic carbocycles. The van der Waals surface area contributed by atoms with Crippen LogP contribution in [0.3, 0.4) is 0 Å². The van der Waals surface area contributed by atoms with Crippen molar-refractivity contribution in [3.63, 3.8) is 0 Å². The molecule has 25 heteroatoms. The summed E-state index contributed by atoms with van der Waals surface area (Å²) in [5.74, 6) is -5.00. The number of amides is 3. The number of rotatable bonds is 22. The predicted octanol–water partition coefficient (Wildman–Crippen LogP) is -4.06. The highest BCUT2D eigenvalue weighted by Crippen LogP contribution is 2.40. The smallest absolute Gasteiger partial charge is 0.339 e. The third-order valence-electron chi connectivity index (χ3n) is 7.75. The van der Waals surface area contributed by atoms with E-state index >= 15 is 0 Å². The number of nitrogens with zero attached hydrogens (tertiary/aromatic N) is 5. The Bertz CT molecular complexity index is 1260. The minimum absolute atomic E-state index is 0.0517. The Hall–Kier alpha value is -3.08. The van der Waals surface area contributed by atoms with Gasteiger partial charge in [0, 0.05) is 65.4 Å². The summed E-state index contributed by atoms with van der Waals surface area (Å²) in [7, 11) is -9.44. The van der Waals surface area contributed by atoms with Gasteiger partial charge in [-0.3, -0.25) is 62.4 Å². The molecule has 0 aromatic carbocycles. The van der Waals surface area contributed by atoms with E-state index in [4.69, 9.17) is 19.6 Å². The Balaban J connectivity index is 2.90. The average molecular weight is 805 g/mol. The molecule has 1 aliphatic rings. The molecule has 23 nitrogen and oxygen atoms in total. The van der Waals surface area contributed by atoms with E-state index in [1.54, 1.807) is 26.5 Å². The zero-order valence-corrected chi connectivity index (χ0v) is 31.5. The van der Waals surface area contributed by atoms with Crippen LogP contribution in [-0.4, -0.2) is 212 Å². The van der Waals surface area contributed by atoms with E-state index in [2.05, 4.69) is 16.0 Å². The number of nitrogens with one attached hydrogen (secondary N) is 3. The molecule has 3 amide bonds. The molecule has 0 aromatic heterocycles. The van der Waals surface area contributed by atoms with Gasteiger partial charge in [-0.05, 0) is 26.2 Å². The van der Waals surface area contributed by atoms with Crippen molar-refractivity contribution in [2.45, 2.75) is 32.2 Å². The summed E-state index contributed by atoms with van der Waals surface area (Å²) >= 11 is 0. The van der Waals surface area contributed by atoms with Gasteiger partial charge in [-0.1, -0.05) is 0 Å². The summed E-state index contributed by atoms with van der Waals surface area (Å²) < 4.78 is 22.6. The number of aliphatic carboxylic acids is 3. The van der Waals surface area contributed by atoms with Gasteiger partial charge in [0.15, 0.2) is 0 Å². The highest BCUT2D eigenvalue weighted by atomic mass is 31.2. The van der Waals surface area contributed by atoms with Crippen molar-refractivity contribution in [2.75, 3.05) is 111 Å². The number of hydrogen-bond acceptors (Lipinski definition) is 13. The fraction of sp³-hybridized carbons (Fsp3) is 0.786. The molecule has 1 fully saturated rings. The Morgan fingerprint density at radius 2 is 1.02 bits per heavy atom. The van der Waals surface area contributed by atoms with Crippen LogP contribution in [-0.2, 0) is 37.9 Å². The van der Waals surface area contributed by atoms with Gasteiger partial charge in [0.1, 0.15) is 18.6 Å². The van der Waals surface area contributed by atoms with Crippen LogP contribution in [0.1, 0.15) is 26.2 Å². The first-order valence-electron chi connectivity index (χ1n) is 16.9. The molecular formula is C28H54N8O15P2. The second-order valence-electron chi connectivity index (χ2n) is 12.6. The summed E-state index contributed by atoms with van der Waals surface area (Å²) in [6.07, 6.45) is -1.28. The molecule has 0 bridgehead atoms. The molecule has 1 rings (SSSR count). The molecule has 306 valence electrons. The Morgan fingerprint density at radius 3 is 1.38 bits per heavy atom. The van der Waals surface area contributed by atoms with Crippen LogP contribution < -0.4 is 16.0 Å². The van der Waals surface area contributed by atoms with Crippen LogP contribution in [0.4, 0.5) is 0 Å². The number of likely N-dealkylation sites (N-methyl/N-ethyl adjacent to an activating group) is 1. The largest absolute Gasteiger partial charge is 0.480 e. The van der Waals surface area contributed by atoms with Crippen molar-refractivity contribution >= 4 is 50.8 Å². The van der Waals surface area contributed by atoms with Crippen LogP contribution in [0.25, 0.3) is 0 Å². The number of carbonyl (C=O) groups excluding carboxylic acids is 3. The molecule has 1 aliphatic heterocycles. The first-order chi connectivity index (χ1) is 24.6. The topological polar surface area (TPSA) is 330 Å². The molecule has 1 atom stereocenters. The molecule has 0 spiro atoms. The second-order valence-corrected chi connectivity index (χ2v) is 15.8. The van der Waals surface area contributed by atoms with E-state index in [0.29, 0.717) is 17.7 Å². The molecule has 1 saturated heterocycles. The van der Waals surface area contributed by atoms with E-state index in [0.717, 1.165) is 0 Å². The number of unbranched alkanes of at least 4 members (excludes halogenated alkanes) is 1. The number of carboxylic acid groups (broad SMARTS) is 3. The molecule has 53 heavy (non-hydrogen) atoms. The number of carboxylic acids is 3. The van der Waals surface area contributed by atoms with Crippen molar-refractivity contribution in [1.82, 2.24) is 40.4 Å². The maximum Gasteiger partial charge on any atom is 0.339 e. The lowest BCUT2D eigenvalue weighted by molar-refractivity contribution is -0.140. The minimum Gasteiger partial charge on any atom is -0.480 e. The van der Waals surface area contributed by atoms with Gasteiger partial charge < -0.3 is 50.8 Å². The van der Waals surface area contributed by atoms with E-state index in [9.17, 15) is 53.2 Å². The first-order valence-corrected chi connectivity index (χ1v) is 20.4. The average Bonchev–Trinajstić information content (AvgIpc) is 2.99. The van der Waals surface area contributed by atoms with Crippen LogP contribution in [0.2, 0.25) is 0 Å². The molecule has 0 aromatic rings. The van der Waals surface area contributed by atoms with Crippen molar-refractivity contribution < 1.29 is 72.8 Å². The summed E-state index contributed by atoms with van der Waals surface area (Å²) in [4.78, 5) is 117. The van der Waals surface area contributed by atoms with E-state index in [-0.39, 0.29) is 98.0 Å². The SMILES string of the molecule is CCNC(=O)[C@@H](CCCCNC(=O)CN(CP(=O)(O)O)CP(=O)(O)O)NC(=O)CN1CCN(CC(=O)O)CCN(CC(=O)O)CCN(CC(=O)O)CC1. The van der Waals surface area contributed by atoms with E-state index in [1.165, 1.54) is 0 Å². The standard InChI is InChI=1S/C28H54N8O15P2/c1-2-29-28(45)22(5-3-4-6-30-23(37)15-36(20-52(46,47)48)21-53(49,50)51)31-24(38)16-32-7-9-33(17-25(39)40)11-13-35(19-27(43)44)14-12-34(10-8-32)18-26(41)42/h22H,2-21H2,1H3,(H,29,45)(H,30,37)(H,31,38)(H,39,40)(H,41,42)(H,43,44)(H2,46,47,48)(H2,49,50,51)/t22-/m1/s1. The minimum atomic E-state index is -4.72. The predicted molar refractivity (Wildman–Crippen MR) is 187 cm³/mol. The maximum atomic E-state index is 13.3. The Kier molecular flexibility index (Phi) is 22.0. The van der Waals surface area contributed by atoms with Crippen molar-refractivity contribution in [3.05, 3.63) is 0 Å². The molecule has 0 radical (unpaired) electrons. The van der Waals surface area contributed by atoms with Crippen LogP contribution in [0.5, 0.6) is 0 Å². The zero-order valence-electron chi connectivity index (χ0n) is 29.7. The summed E-state index contributed by atoms with van der Waals surface area (Å²) in [5.41, 5.74) is 0.